The highest BCUT2D eigenvalue weighted by Gasteiger charge is 1.96. The molecule has 0 unspecified atom stereocenters. The molecule has 35 heavy (non-hydrogen) atoms. The van der Waals surface area contributed by atoms with E-state index in [0.29, 0.717) is 85.9 Å². The molecule has 0 spiro atoms. The first kappa shape index (κ1) is 34.7. The molecule has 0 aliphatic heterocycles. The third kappa shape index (κ3) is 33.7. The zero-order valence-electron chi connectivity index (χ0n) is 23.0. The Hall–Kier alpha value is -0.320. The summed E-state index contributed by atoms with van der Waals surface area (Å²) >= 11 is 0. The lowest BCUT2D eigenvalue weighted by Crippen LogP contribution is -2.17. The van der Waals surface area contributed by atoms with Gasteiger partial charge < -0.3 is 38.5 Å². The van der Waals surface area contributed by atoms with E-state index in [4.69, 9.17) is 33.2 Å². The van der Waals surface area contributed by atoms with E-state index in [1.54, 1.807) is 0 Å². The van der Waals surface area contributed by atoms with Gasteiger partial charge in [-0.3, -0.25) is 0 Å². The topological polar surface area (TPSA) is 76.6 Å². The number of rotatable bonds is 32. The largest absolute Gasteiger partial charge is 0.379 e. The van der Waals surface area contributed by atoms with E-state index in [-0.39, 0.29) is 0 Å². The van der Waals surface area contributed by atoms with Crippen LogP contribution < -0.4 is 5.32 Å². The van der Waals surface area contributed by atoms with E-state index in [1.807, 2.05) is 7.05 Å². The Morgan fingerprint density at radius 1 is 0.343 bits per heavy atom. The Morgan fingerprint density at radius 3 is 0.971 bits per heavy atom. The van der Waals surface area contributed by atoms with Crippen LogP contribution >= 0.6 is 0 Å². The summed E-state index contributed by atoms with van der Waals surface area (Å²) in [4.78, 5) is 0. The highest BCUT2D eigenvalue weighted by molar-refractivity contribution is 4.47. The predicted molar refractivity (Wildman–Crippen MR) is 142 cm³/mol. The van der Waals surface area contributed by atoms with Gasteiger partial charge in [-0.1, -0.05) is 64.7 Å². The van der Waals surface area contributed by atoms with Crippen molar-refractivity contribution in [2.24, 2.45) is 0 Å². The molecule has 0 amide bonds. The summed E-state index contributed by atoms with van der Waals surface area (Å²) in [7, 11) is 1.90. The van der Waals surface area contributed by atoms with Crippen molar-refractivity contribution in [2.75, 3.05) is 106 Å². The van der Waals surface area contributed by atoms with Crippen LogP contribution in [0.1, 0.15) is 71.1 Å². The van der Waals surface area contributed by atoms with Gasteiger partial charge in [-0.05, 0) is 13.5 Å². The molecule has 0 aliphatic carbocycles. The molecule has 0 radical (unpaired) electrons. The van der Waals surface area contributed by atoms with E-state index < -0.39 is 0 Å². The maximum Gasteiger partial charge on any atom is 0.0701 e. The van der Waals surface area contributed by atoms with Crippen molar-refractivity contribution in [1.29, 1.82) is 0 Å². The lowest BCUT2D eigenvalue weighted by molar-refractivity contribution is -0.0204. The van der Waals surface area contributed by atoms with Crippen molar-refractivity contribution in [3.63, 3.8) is 0 Å². The van der Waals surface area contributed by atoms with Crippen molar-refractivity contribution in [3.8, 4) is 0 Å². The van der Waals surface area contributed by atoms with Crippen molar-refractivity contribution >= 4 is 0 Å². The Kier molecular flexibility index (Phi) is 33.4. The zero-order chi connectivity index (χ0) is 25.3. The molecule has 0 bridgehead atoms. The second-order valence-corrected chi connectivity index (χ2v) is 8.57. The fraction of sp³-hybridized carbons (Fsp3) is 1.00. The van der Waals surface area contributed by atoms with Crippen LogP contribution in [-0.2, 0) is 33.2 Å². The lowest BCUT2D eigenvalue weighted by atomic mass is 10.1. The van der Waals surface area contributed by atoms with E-state index >= 15 is 0 Å². The monoisotopic (exact) mass is 507 g/mol. The average molecular weight is 508 g/mol. The molecule has 8 heteroatoms. The summed E-state index contributed by atoms with van der Waals surface area (Å²) in [6.07, 6.45) is 13.5. The highest BCUT2D eigenvalue weighted by Crippen LogP contribution is 2.10. The fourth-order valence-electron chi connectivity index (χ4n) is 3.29. The molecule has 0 aromatic carbocycles. The van der Waals surface area contributed by atoms with Crippen molar-refractivity contribution in [1.82, 2.24) is 5.32 Å². The number of hydrogen-bond acceptors (Lipinski definition) is 8. The molecule has 0 aromatic rings. The maximum atomic E-state index is 5.63. The van der Waals surface area contributed by atoms with Crippen LogP contribution in [0.3, 0.4) is 0 Å². The van der Waals surface area contributed by atoms with E-state index in [1.165, 1.54) is 57.8 Å². The van der Waals surface area contributed by atoms with Crippen molar-refractivity contribution < 1.29 is 33.2 Å². The van der Waals surface area contributed by atoms with E-state index in [2.05, 4.69) is 12.2 Å². The number of nitrogens with one attached hydrogen (secondary N) is 1. The van der Waals surface area contributed by atoms with Gasteiger partial charge >= 0.3 is 0 Å². The molecule has 0 saturated heterocycles. The Balaban J connectivity index is 3.00. The van der Waals surface area contributed by atoms with Crippen LogP contribution in [-0.4, -0.2) is 106 Å². The smallest absolute Gasteiger partial charge is 0.0701 e. The number of likely N-dealkylation sites (N-methyl/N-ethyl adjacent to an activating group) is 1. The standard InChI is InChI=1S/C27H57NO7/c1-3-4-5-6-7-8-9-10-11-12-14-29-16-18-31-20-22-33-24-26-35-27-25-34-23-21-32-19-17-30-15-13-28-2/h28H,3-27H2,1-2H3. The van der Waals surface area contributed by atoms with Crippen LogP contribution in [0, 0.1) is 0 Å². The molecule has 1 N–H and O–H groups in total. The molecule has 0 saturated carbocycles. The molecule has 0 aliphatic rings. The minimum atomic E-state index is 0.559. The Morgan fingerprint density at radius 2 is 0.629 bits per heavy atom. The lowest BCUT2D eigenvalue weighted by Gasteiger charge is -2.08. The van der Waals surface area contributed by atoms with E-state index in [9.17, 15) is 0 Å². The SMILES string of the molecule is CCCCCCCCCCCCOCCOCCOCCOCCOCCOCCOCCNC. The third-order valence-electron chi connectivity index (χ3n) is 5.37. The molecule has 8 nitrogen and oxygen atoms in total. The molecule has 0 heterocycles. The molecule has 0 aromatic heterocycles. The summed E-state index contributed by atoms with van der Waals surface area (Å²) in [6, 6.07) is 0. The van der Waals surface area contributed by atoms with Gasteiger partial charge in [0.15, 0.2) is 0 Å². The van der Waals surface area contributed by atoms with Gasteiger partial charge in [0.05, 0.1) is 85.9 Å². The first-order valence-electron chi connectivity index (χ1n) is 14.1. The number of unbranched alkanes of at least 4 members (excludes halogenated alkanes) is 9. The Bertz CT molecular complexity index is 332. The molecule has 0 atom stereocenters. The summed E-state index contributed by atoms with van der Waals surface area (Å²) in [6.45, 7) is 11.7. The first-order valence-corrected chi connectivity index (χ1v) is 14.1. The summed E-state index contributed by atoms with van der Waals surface area (Å²) in [5.74, 6) is 0. The second kappa shape index (κ2) is 33.7. The van der Waals surface area contributed by atoms with Crippen LogP contribution in [0.4, 0.5) is 0 Å². The Labute approximate surface area is 216 Å². The minimum absolute atomic E-state index is 0.559. The molecular weight excluding hydrogens is 450 g/mol. The molecule has 212 valence electrons. The van der Waals surface area contributed by atoms with Crippen molar-refractivity contribution in [3.05, 3.63) is 0 Å². The van der Waals surface area contributed by atoms with Gasteiger partial charge in [-0.15, -0.1) is 0 Å². The summed E-state index contributed by atoms with van der Waals surface area (Å²) < 4.78 is 38.3. The van der Waals surface area contributed by atoms with Crippen LogP contribution in [0.5, 0.6) is 0 Å². The summed E-state index contributed by atoms with van der Waals surface area (Å²) in [5.41, 5.74) is 0. The second-order valence-electron chi connectivity index (χ2n) is 8.57. The van der Waals surface area contributed by atoms with Gasteiger partial charge in [-0.25, -0.2) is 0 Å². The highest BCUT2D eigenvalue weighted by atomic mass is 16.6. The van der Waals surface area contributed by atoms with Gasteiger partial charge in [0.25, 0.3) is 0 Å². The van der Waals surface area contributed by atoms with Gasteiger partial charge in [0.2, 0.25) is 0 Å². The first-order chi connectivity index (χ1) is 17.4. The predicted octanol–water partition coefficient (Wildman–Crippen LogP) is 4.24. The number of ether oxygens (including phenoxy) is 7. The maximum absolute atomic E-state index is 5.63. The zero-order valence-corrected chi connectivity index (χ0v) is 23.0. The fourth-order valence-corrected chi connectivity index (χ4v) is 3.29. The summed E-state index contributed by atoms with van der Waals surface area (Å²) in [5, 5.41) is 3.03. The minimum Gasteiger partial charge on any atom is -0.379 e. The molecule has 0 rings (SSSR count). The van der Waals surface area contributed by atoms with Crippen LogP contribution in [0.25, 0.3) is 0 Å². The molecular formula is C27H57NO7. The number of hydrogen-bond donors (Lipinski definition) is 1. The normalized spacial score (nSPS) is 11.5. The quantitative estimate of drug-likeness (QED) is 0.136. The van der Waals surface area contributed by atoms with Crippen LogP contribution in [0.15, 0.2) is 0 Å². The van der Waals surface area contributed by atoms with Crippen LogP contribution in [0.2, 0.25) is 0 Å². The van der Waals surface area contributed by atoms with E-state index in [0.717, 1.165) is 19.6 Å². The third-order valence-corrected chi connectivity index (χ3v) is 5.37. The average Bonchev–Trinajstić information content (AvgIpc) is 2.87. The van der Waals surface area contributed by atoms with Crippen molar-refractivity contribution in [2.45, 2.75) is 71.1 Å². The van der Waals surface area contributed by atoms with Gasteiger partial charge in [0.1, 0.15) is 0 Å². The van der Waals surface area contributed by atoms with Gasteiger partial charge in [-0.2, -0.15) is 0 Å². The van der Waals surface area contributed by atoms with Gasteiger partial charge in [0, 0.05) is 13.2 Å². The molecule has 0 fully saturated rings.